The van der Waals surface area contributed by atoms with Gasteiger partial charge in [0.2, 0.25) is 11.8 Å². The van der Waals surface area contributed by atoms with Gasteiger partial charge >= 0.3 is 0 Å². The lowest BCUT2D eigenvalue weighted by atomic mass is 9.92. The molecule has 2 heterocycles. The quantitative estimate of drug-likeness (QED) is 0.389. The Kier molecular flexibility index (Phi) is 6.22. The lowest BCUT2D eigenvalue weighted by Crippen LogP contribution is -2.36. The van der Waals surface area contributed by atoms with Crippen molar-refractivity contribution in [2.24, 2.45) is 0 Å². The van der Waals surface area contributed by atoms with Gasteiger partial charge in [0.25, 0.3) is 5.56 Å². The summed E-state index contributed by atoms with van der Waals surface area (Å²) >= 11 is 1.12. The van der Waals surface area contributed by atoms with E-state index in [1.807, 2.05) is 0 Å². The normalized spacial score (nSPS) is 14.9. The molecular formula is C22H19FN4O4S. The smallest absolute Gasteiger partial charge is 0.257 e. The van der Waals surface area contributed by atoms with E-state index in [1.54, 1.807) is 42.5 Å². The Bertz CT molecular complexity index is 1250. The molecule has 0 saturated carbocycles. The first-order valence-electron chi connectivity index (χ1n) is 9.70. The van der Waals surface area contributed by atoms with Crippen LogP contribution in [0.2, 0.25) is 0 Å². The van der Waals surface area contributed by atoms with Crippen molar-refractivity contribution >= 4 is 35.1 Å². The number of carbonyl (C=O) groups is 2. The number of ether oxygens (including phenoxy) is 1. The summed E-state index contributed by atoms with van der Waals surface area (Å²) in [6.45, 7) is 0. The number of nitrogens with zero attached hydrogens (tertiary/aromatic N) is 1. The molecule has 0 unspecified atom stereocenters. The average molecular weight is 454 g/mol. The predicted octanol–water partition coefficient (Wildman–Crippen LogP) is 3.27. The molecule has 2 aromatic carbocycles. The molecular weight excluding hydrogens is 435 g/mol. The first-order chi connectivity index (χ1) is 15.4. The maximum Gasteiger partial charge on any atom is 0.257 e. The van der Waals surface area contributed by atoms with Gasteiger partial charge in [-0.25, -0.2) is 9.37 Å². The summed E-state index contributed by atoms with van der Waals surface area (Å²) in [5.74, 6) is -1.47. The highest BCUT2D eigenvalue weighted by atomic mass is 32.2. The Morgan fingerprint density at radius 3 is 2.84 bits per heavy atom. The third kappa shape index (κ3) is 4.65. The molecule has 2 amide bonds. The van der Waals surface area contributed by atoms with E-state index >= 15 is 0 Å². The number of nitrogens with one attached hydrogen (secondary N) is 3. The summed E-state index contributed by atoms with van der Waals surface area (Å²) in [6.07, 6.45) is -0.185. The molecule has 1 atom stereocenters. The molecule has 164 valence electrons. The van der Waals surface area contributed by atoms with E-state index in [4.69, 9.17) is 4.74 Å². The number of hydrogen-bond acceptors (Lipinski definition) is 6. The molecule has 8 nitrogen and oxygen atoms in total. The van der Waals surface area contributed by atoms with Crippen molar-refractivity contribution < 1.29 is 18.7 Å². The molecule has 0 saturated heterocycles. The second kappa shape index (κ2) is 9.23. The van der Waals surface area contributed by atoms with Gasteiger partial charge in [0.1, 0.15) is 17.4 Å². The Morgan fingerprint density at radius 1 is 1.25 bits per heavy atom. The molecule has 4 rings (SSSR count). The van der Waals surface area contributed by atoms with Crippen LogP contribution < -0.4 is 20.9 Å². The number of thioether (sulfide) groups is 1. The van der Waals surface area contributed by atoms with E-state index in [1.165, 1.54) is 13.2 Å². The number of methoxy groups -OCH3 is 1. The fourth-order valence-electron chi connectivity index (χ4n) is 3.33. The van der Waals surface area contributed by atoms with Gasteiger partial charge in [-0.2, -0.15) is 0 Å². The fourth-order valence-corrected chi connectivity index (χ4v) is 4.18. The van der Waals surface area contributed by atoms with Crippen molar-refractivity contribution in [2.45, 2.75) is 23.2 Å². The predicted molar refractivity (Wildman–Crippen MR) is 118 cm³/mol. The Morgan fingerprint density at radius 2 is 2.06 bits per heavy atom. The maximum absolute atomic E-state index is 13.8. The van der Waals surface area contributed by atoms with E-state index in [-0.39, 0.29) is 34.5 Å². The van der Waals surface area contributed by atoms with Crippen molar-refractivity contribution in [1.82, 2.24) is 9.97 Å². The monoisotopic (exact) mass is 454 g/mol. The van der Waals surface area contributed by atoms with Crippen LogP contribution in [0.3, 0.4) is 0 Å². The van der Waals surface area contributed by atoms with Crippen molar-refractivity contribution in [3.8, 4) is 5.75 Å². The Hall–Kier alpha value is -3.66. The summed E-state index contributed by atoms with van der Waals surface area (Å²) in [6, 6.07) is 13.0. The van der Waals surface area contributed by atoms with E-state index in [0.717, 1.165) is 11.8 Å². The number of halogens is 1. The van der Waals surface area contributed by atoms with Gasteiger partial charge in [0, 0.05) is 23.9 Å². The standard InChI is InChI=1S/C22H19FN4O4S/c1-31-14-7-4-6-13(9-14)24-20(29)15-10-17(28)25-19-18(15)21(30)27-22(26-19)32-11-12-5-2-3-8-16(12)23/h2-9,15H,10-11H2,1H3,(H,24,29)(H2,25,26,27,28,30)/t15-/m0/s1. The number of H-pyrrole nitrogens is 1. The lowest BCUT2D eigenvalue weighted by Gasteiger charge is -2.23. The lowest BCUT2D eigenvalue weighted by molar-refractivity contribution is -0.123. The molecule has 3 N–H and O–H groups in total. The van der Waals surface area contributed by atoms with Crippen LogP contribution >= 0.6 is 11.8 Å². The van der Waals surface area contributed by atoms with Gasteiger partial charge in [0.15, 0.2) is 5.16 Å². The summed E-state index contributed by atoms with van der Waals surface area (Å²) in [4.78, 5) is 44.8. The number of aromatic nitrogens is 2. The second-order valence-corrected chi connectivity index (χ2v) is 8.00. The molecule has 0 fully saturated rings. The van der Waals surface area contributed by atoms with Crippen molar-refractivity contribution in [3.05, 3.63) is 75.8 Å². The molecule has 0 radical (unpaired) electrons. The highest BCUT2D eigenvalue weighted by Crippen LogP contribution is 2.31. The molecule has 3 aromatic rings. The largest absolute Gasteiger partial charge is 0.497 e. The number of anilines is 2. The third-order valence-electron chi connectivity index (χ3n) is 4.91. The zero-order chi connectivity index (χ0) is 22.7. The van der Waals surface area contributed by atoms with E-state index in [9.17, 15) is 18.8 Å². The van der Waals surface area contributed by atoms with E-state index < -0.39 is 23.3 Å². The molecule has 1 aromatic heterocycles. The summed E-state index contributed by atoms with van der Waals surface area (Å²) in [5.41, 5.74) is 0.484. The maximum atomic E-state index is 13.8. The number of aromatic amines is 1. The van der Waals surface area contributed by atoms with Crippen LogP contribution in [0.1, 0.15) is 23.5 Å². The minimum atomic E-state index is -1.01. The average Bonchev–Trinajstić information content (AvgIpc) is 2.77. The molecule has 1 aliphatic rings. The molecule has 0 aliphatic carbocycles. The van der Waals surface area contributed by atoms with Gasteiger partial charge < -0.3 is 20.4 Å². The SMILES string of the molecule is COc1cccc(NC(=O)[C@H]2CC(=O)Nc3nc(SCc4ccccc4F)[nH]c(=O)c32)c1. The van der Waals surface area contributed by atoms with Crippen molar-refractivity contribution in [2.75, 3.05) is 17.7 Å². The van der Waals surface area contributed by atoms with Crippen molar-refractivity contribution in [1.29, 1.82) is 0 Å². The molecule has 10 heteroatoms. The topological polar surface area (TPSA) is 113 Å². The van der Waals surface area contributed by atoms with Gasteiger partial charge in [-0.15, -0.1) is 0 Å². The van der Waals surface area contributed by atoms with Gasteiger partial charge in [-0.3, -0.25) is 14.4 Å². The number of fused-ring (bicyclic) bond motifs is 1. The second-order valence-electron chi connectivity index (χ2n) is 7.04. The van der Waals surface area contributed by atoms with Crippen LogP contribution in [0, 0.1) is 5.82 Å². The molecule has 0 spiro atoms. The number of benzene rings is 2. The Labute approximate surface area is 186 Å². The first kappa shape index (κ1) is 21.6. The van der Waals surface area contributed by atoms with Crippen LogP contribution in [-0.4, -0.2) is 28.9 Å². The number of rotatable bonds is 6. The van der Waals surface area contributed by atoms with E-state index in [2.05, 4.69) is 20.6 Å². The number of hydrogen-bond donors (Lipinski definition) is 3. The van der Waals surface area contributed by atoms with Crippen molar-refractivity contribution in [3.63, 3.8) is 0 Å². The highest BCUT2D eigenvalue weighted by Gasteiger charge is 2.34. The first-order valence-corrected chi connectivity index (χ1v) is 10.7. The Balaban J connectivity index is 1.57. The minimum Gasteiger partial charge on any atom is -0.497 e. The van der Waals surface area contributed by atoms with Crippen LogP contribution in [0.5, 0.6) is 5.75 Å². The molecule has 0 bridgehead atoms. The zero-order valence-electron chi connectivity index (χ0n) is 17.0. The van der Waals surface area contributed by atoms with Crippen LogP contribution in [0.15, 0.2) is 58.5 Å². The van der Waals surface area contributed by atoms with Gasteiger partial charge in [-0.1, -0.05) is 36.0 Å². The fraction of sp³-hybridized carbons (Fsp3) is 0.182. The van der Waals surface area contributed by atoms with Crippen LogP contribution in [0.4, 0.5) is 15.9 Å². The summed E-state index contributed by atoms with van der Waals surface area (Å²) < 4.78 is 19.0. The highest BCUT2D eigenvalue weighted by molar-refractivity contribution is 7.98. The summed E-state index contributed by atoms with van der Waals surface area (Å²) in [7, 11) is 1.51. The van der Waals surface area contributed by atoms with E-state index in [0.29, 0.717) is 17.0 Å². The number of carbonyl (C=O) groups excluding carboxylic acids is 2. The zero-order valence-corrected chi connectivity index (χ0v) is 17.8. The van der Waals surface area contributed by atoms with Crippen LogP contribution in [-0.2, 0) is 15.3 Å². The van der Waals surface area contributed by atoms with Crippen LogP contribution in [0.25, 0.3) is 0 Å². The minimum absolute atomic E-state index is 0.0341. The molecule has 32 heavy (non-hydrogen) atoms. The number of amides is 2. The van der Waals surface area contributed by atoms with Gasteiger partial charge in [-0.05, 0) is 23.8 Å². The van der Waals surface area contributed by atoms with Gasteiger partial charge in [0.05, 0.1) is 18.6 Å². The molecule has 1 aliphatic heterocycles. The summed E-state index contributed by atoms with van der Waals surface area (Å²) in [5, 5.41) is 5.49. The third-order valence-corrected chi connectivity index (χ3v) is 5.83.